The molecule has 3 nitrogen and oxygen atoms in total. The second kappa shape index (κ2) is 3.72. The minimum Gasteiger partial charge on any atom is -0.298 e. The third-order valence-electron chi connectivity index (χ3n) is 0.575. The van der Waals surface area contributed by atoms with Crippen LogP contribution >= 0.6 is 0 Å². The van der Waals surface area contributed by atoms with Gasteiger partial charge in [0.1, 0.15) is 5.84 Å². The molecule has 0 atom stereocenters. The van der Waals surface area contributed by atoms with Gasteiger partial charge in [-0.05, 0) is 6.92 Å². The summed E-state index contributed by atoms with van der Waals surface area (Å²) in [6, 6.07) is 0. The Morgan fingerprint density at radius 3 is 2.67 bits per heavy atom. The van der Waals surface area contributed by atoms with Crippen molar-refractivity contribution in [2.45, 2.75) is 6.92 Å². The first kappa shape index (κ1) is 7.75. The van der Waals surface area contributed by atoms with E-state index in [1.54, 1.807) is 0 Å². The van der Waals surface area contributed by atoms with Gasteiger partial charge in [-0.25, -0.2) is 4.99 Å². The predicted octanol–water partition coefficient (Wildman–Crippen LogP) is 0.809. The lowest BCUT2D eigenvalue weighted by Gasteiger charge is -1.82. The monoisotopic (exact) mass is 124 g/mol. The van der Waals surface area contributed by atoms with Gasteiger partial charge in [-0.15, -0.1) is 0 Å². The third kappa shape index (κ3) is 4.61. The van der Waals surface area contributed by atoms with Gasteiger partial charge in [0.15, 0.2) is 6.29 Å². The Morgan fingerprint density at radius 2 is 2.33 bits per heavy atom. The van der Waals surface area contributed by atoms with Crippen LogP contribution in [0.3, 0.4) is 0 Å². The Kier molecular flexibility index (Phi) is 3.20. The molecule has 48 valence electrons. The van der Waals surface area contributed by atoms with Crippen LogP contribution in [0.2, 0.25) is 0 Å². The number of hydrogen-bond acceptors (Lipinski definition) is 2. The van der Waals surface area contributed by atoms with Crippen molar-refractivity contribution in [3.8, 4) is 0 Å². The van der Waals surface area contributed by atoms with E-state index in [2.05, 4.69) is 11.6 Å². The zero-order chi connectivity index (χ0) is 7.28. The summed E-state index contributed by atoms with van der Waals surface area (Å²) >= 11 is 0. The molecule has 0 bridgehead atoms. The first-order valence-electron chi connectivity index (χ1n) is 2.40. The number of carbonyl (C=O) groups is 1. The van der Waals surface area contributed by atoms with E-state index in [4.69, 9.17) is 5.41 Å². The van der Waals surface area contributed by atoms with Gasteiger partial charge in [0.25, 0.3) is 0 Å². The number of aldehydes is 1. The van der Waals surface area contributed by atoms with Gasteiger partial charge in [-0.3, -0.25) is 10.2 Å². The molecule has 9 heavy (non-hydrogen) atoms. The maximum atomic E-state index is 9.86. The molecule has 0 saturated heterocycles. The summed E-state index contributed by atoms with van der Waals surface area (Å²) < 4.78 is 0. The highest BCUT2D eigenvalue weighted by Gasteiger charge is 1.81. The number of nitrogens with one attached hydrogen (secondary N) is 1. The summed E-state index contributed by atoms with van der Waals surface area (Å²) in [5.74, 6) is 0.165. The highest BCUT2D eigenvalue weighted by atomic mass is 16.1. The van der Waals surface area contributed by atoms with Crippen LogP contribution in [0.5, 0.6) is 0 Å². The number of rotatable bonds is 2. The molecule has 3 heteroatoms. The van der Waals surface area contributed by atoms with Crippen LogP contribution < -0.4 is 0 Å². The lowest BCUT2D eigenvalue weighted by molar-refractivity contribution is -0.104. The van der Waals surface area contributed by atoms with E-state index in [1.807, 2.05) is 0 Å². The van der Waals surface area contributed by atoms with E-state index >= 15 is 0 Å². The smallest absolute Gasteiger partial charge is 0.151 e. The maximum Gasteiger partial charge on any atom is 0.151 e. The van der Waals surface area contributed by atoms with E-state index < -0.39 is 0 Å². The van der Waals surface area contributed by atoms with Crippen molar-refractivity contribution in [2.75, 3.05) is 0 Å². The van der Waals surface area contributed by atoms with Crippen LogP contribution in [0.1, 0.15) is 6.92 Å². The molecule has 0 heterocycles. The molecule has 0 amide bonds. The largest absolute Gasteiger partial charge is 0.298 e. The average Bonchev–Trinajstić information content (AvgIpc) is 1.83. The quantitative estimate of drug-likeness (QED) is 0.252. The molecule has 0 fully saturated rings. The number of aliphatic imine (C=N–C) groups is 1. The Labute approximate surface area is 53.6 Å². The summed E-state index contributed by atoms with van der Waals surface area (Å²) in [5.41, 5.74) is 0.279. The molecular formula is C6H8N2O. The fourth-order valence-electron chi connectivity index (χ4n) is 0.210. The molecule has 0 aromatic rings. The molecule has 1 N–H and O–H groups in total. The summed E-state index contributed by atoms with van der Waals surface area (Å²) in [4.78, 5) is 13.4. The normalized spacial score (nSPS) is 9.44. The van der Waals surface area contributed by atoms with Crippen LogP contribution in [0, 0.1) is 5.41 Å². The molecule has 0 aliphatic heterocycles. The van der Waals surface area contributed by atoms with Crippen LogP contribution in [0.4, 0.5) is 0 Å². The van der Waals surface area contributed by atoms with Crippen molar-refractivity contribution in [1.82, 2.24) is 0 Å². The Bertz CT molecular complexity index is 170. The molecule has 0 saturated carbocycles. The van der Waals surface area contributed by atoms with Gasteiger partial charge < -0.3 is 0 Å². The lowest BCUT2D eigenvalue weighted by atomic mass is 10.4. The SMILES string of the molecule is C=C(C=O)C=NC(C)=N. The highest BCUT2D eigenvalue weighted by molar-refractivity contribution is 6.04. The standard InChI is InChI=1S/C6H8N2O/c1-5(4-9)3-8-6(2)7/h3-4,7H,1H2,2H3. The second-order valence-electron chi connectivity index (χ2n) is 1.54. The van der Waals surface area contributed by atoms with E-state index in [9.17, 15) is 4.79 Å². The maximum absolute atomic E-state index is 9.86. The van der Waals surface area contributed by atoms with Crippen molar-refractivity contribution < 1.29 is 4.79 Å². The van der Waals surface area contributed by atoms with Crippen LogP contribution in [0.25, 0.3) is 0 Å². The molecule has 0 aromatic heterocycles. The zero-order valence-corrected chi connectivity index (χ0v) is 5.22. The Morgan fingerprint density at radius 1 is 1.78 bits per heavy atom. The van der Waals surface area contributed by atoms with Crippen molar-refractivity contribution in [3.05, 3.63) is 12.2 Å². The average molecular weight is 124 g/mol. The molecule has 0 aromatic carbocycles. The lowest BCUT2D eigenvalue weighted by Crippen LogP contribution is -1.86. The summed E-state index contributed by atoms with van der Waals surface area (Å²) in [7, 11) is 0. The predicted molar refractivity (Wildman–Crippen MR) is 37.1 cm³/mol. The van der Waals surface area contributed by atoms with Crippen molar-refractivity contribution in [2.24, 2.45) is 4.99 Å². The number of allylic oxidation sites excluding steroid dienone is 1. The Hall–Kier alpha value is -1.25. The third-order valence-corrected chi connectivity index (χ3v) is 0.575. The van der Waals surface area contributed by atoms with Crippen molar-refractivity contribution in [1.29, 1.82) is 5.41 Å². The van der Waals surface area contributed by atoms with E-state index in [0.29, 0.717) is 6.29 Å². The van der Waals surface area contributed by atoms with Crippen LogP contribution in [-0.2, 0) is 4.79 Å². The first-order chi connectivity index (χ1) is 4.16. The fraction of sp³-hybridized carbons (Fsp3) is 0.167. The summed E-state index contributed by atoms with van der Waals surface area (Å²) in [6.45, 7) is 4.85. The minimum absolute atomic E-state index is 0.165. The molecule has 0 rings (SSSR count). The number of nitrogens with zero attached hydrogens (tertiary/aromatic N) is 1. The van der Waals surface area contributed by atoms with E-state index in [1.165, 1.54) is 13.1 Å². The summed E-state index contributed by atoms with van der Waals surface area (Å²) in [5, 5.41) is 6.81. The van der Waals surface area contributed by atoms with Gasteiger partial charge in [-0.1, -0.05) is 6.58 Å². The molecule has 0 aliphatic rings. The highest BCUT2D eigenvalue weighted by Crippen LogP contribution is 1.77. The minimum atomic E-state index is 0.165. The van der Waals surface area contributed by atoms with Gasteiger partial charge in [0.2, 0.25) is 0 Å². The molecule has 0 aliphatic carbocycles. The number of carbonyl (C=O) groups excluding carboxylic acids is 1. The van der Waals surface area contributed by atoms with Gasteiger partial charge in [0.05, 0.1) is 0 Å². The molecule has 0 radical (unpaired) electrons. The van der Waals surface area contributed by atoms with E-state index in [-0.39, 0.29) is 11.4 Å². The van der Waals surface area contributed by atoms with Crippen LogP contribution in [0.15, 0.2) is 17.1 Å². The van der Waals surface area contributed by atoms with Gasteiger partial charge >= 0.3 is 0 Å². The summed E-state index contributed by atoms with van der Waals surface area (Å²) in [6.07, 6.45) is 1.85. The number of hydrogen-bond donors (Lipinski definition) is 1. The topological polar surface area (TPSA) is 53.3 Å². The van der Waals surface area contributed by atoms with Gasteiger partial charge in [-0.2, -0.15) is 0 Å². The fourth-order valence-corrected chi connectivity index (χ4v) is 0.210. The van der Waals surface area contributed by atoms with Crippen molar-refractivity contribution in [3.63, 3.8) is 0 Å². The van der Waals surface area contributed by atoms with E-state index in [0.717, 1.165) is 0 Å². The van der Waals surface area contributed by atoms with Crippen molar-refractivity contribution >= 4 is 18.3 Å². The first-order valence-corrected chi connectivity index (χ1v) is 2.40. The molecular weight excluding hydrogens is 116 g/mol. The second-order valence-corrected chi connectivity index (χ2v) is 1.54. The molecule has 0 unspecified atom stereocenters. The number of amidine groups is 1. The Balaban J connectivity index is 3.85. The van der Waals surface area contributed by atoms with Crippen LogP contribution in [-0.4, -0.2) is 18.3 Å². The zero-order valence-electron chi connectivity index (χ0n) is 5.22. The van der Waals surface area contributed by atoms with Gasteiger partial charge in [0, 0.05) is 11.8 Å². The molecule has 0 spiro atoms.